The number of pyridine rings is 1. The molecule has 2 nitrogen and oxygen atoms in total. The van der Waals surface area contributed by atoms with Crippen LogP contribution in [0.25, 0.3) is 6.08 Å². The van der Waals surface area contributed by atoms with E-state index in [0.717, 1.165) is 5.56 Å². The van der Waals surface area contributed by atoms with Crippen LogP contribution < -0.4 is 0 Å². The average Bonchev–Trinajstić information content (AvgIpc) is 2.41. The van der Waals surface area contributed by atoms with Crippen molar-refractivity contribution in [1.82, 2.24) is 4.98 Å². The number of allylic oxidation sites excluding steroid dienone is 1. The van der Waals surface area contributed by atoms with Crippen LogP contribution in [-0.4, -0.2) is 4.98 Å². The summed E-state index contributed by atoms with van der Waals surface area (Å²) in [6.07, 6.45) is 6.80. The summed E-state index contributed by atoms with van der Waals surface area (Å²) in [6.45, 7) is 2.02. The lowest BCUT2D eigenvalue weighted by molar-refractivity contribution is 1.33. The molecule has 0 fully saturated rings. The van der Waals surface area contributed by atoms with Crippen LogP contribution in [-0.2, 0) is 0 Å². The van der Waals surface area contributed by atoms with Crippen LogP contribution in [0.5, 0.6) is 0 Å². The largest absolute Gasteiger partial charge is 0.265 e. The summed E-state index contributed by atoms with van der Waals surface area (Å²) in [7, 11) is 0. The van der Waals surface area contributed by atoms with Crippen molar-refractivity contribution in [2.75, 3.05) is 0 Å². The number of nitrogens with zero attached hydrogens (tertiary/aromatic N) is 2. The molecule has 0 atom stereocenters. The molecule has 2 aromatic rings. The first kappa shape index (κ1) is 12.7. The molecule has 1 heterocycles. The third-order valence-electron chi connectivity index (χ3n) is 2.09. The Balaban J connectivity index is 0.000000202. The van der Waals surface area contributed by atoms with Crippen molar-refractivity contribution < 1.29 is 0 Å². The SMILES string of the molecule is Cc1ccccc1C=CC#N.c1ccncc1. The molecule has 0 aliphatic carbocycles. The summed E-state index contributed by atoms with van der Waals surface area (Å²) in [5, 5.41) is 8.28. The maximum absolute atomic E-state index is 8.28. The van der Waals surface area contributed by atoms with E-state index >= 15 is 0 Å². The molecule has 0 saturated carbocycles. The molecule has 0 aliphatic heterocycles. The number of aryl methyl sites for hydroxylation is 1. The Morgan fingerprint density at radius 1 is 1.06 bits per heavy atom. The molecule has 2 heteroatoms. The maximum Gasteiger partial charge on any atom is 0.0912 e. The zero-order chi connectivity index (χ0) is 12.3. The van der Waals surface area contributed by atoms with E-state index in [1.54, 1.807) is 12.4 Å². The summed E-state index contributed by atoms with van der Waals surface area (Å²) in [5.41, 5.74) is 2.30. The van der Waals surface area contributed by atoms with E-state index in [4.69, 9.17) is 5.26 Å². The van der Waals surface area contributed by atoms with Gasteiger partial charge in [0.05, 0.1) is 6.07 Å². The predicted octanol–water partition coefficient (Wildman–Crippen LogP) is 3.61. The lowest BCUT2D eigenvalue weighted by atomic mass is 10.1. The van der Waals surface area contributed by atoms with Crippen molar-refractivity contribution >= 4 is 6.08 Å². The first-order valence-corrected chi connectivity index (χ1v) is 5.31. The summed E-state index contributed by atoms with van der Waals surface area (Å²) in [4.78, 5) is 3.78. The van der Waals surface area contributed by atoms with Gasteiger partial charge in [0.2, 0.25) is 0 Å². The van der Waals surface area contributed by atoms with Gasteiger partial charge in [-0.15, -0.1) is 0 Å². The summed E-state index contributed by atoms with van der Waals surface area (Å²) < 4.78 is 0. The van der Waals surface area contributed by atoms with Gasteiger partial charge in [-0.05, 0) is 36.3 Å². The minimum atomic E-state index is 1.11. The zero-order valence-corrected chi connectivity index (χ0v) is 9.75. The Kier molecular flexibility index (Phi) is 5.84. The molecule has 17 heavy (non-hydrogen) atoms. The van der Waals surface area contributed by atoms with Gasteiger partial charge in [-0.1, -0.05) is 30.3 Å². The fourth-order valence-corrected chi connectivity index (χ4v) is 1.21. The smallest absolute Gasteiger partial charge is 0.0912 e. The highest BCUT2D eigenvalue weighted by atomic mass is 14.6. The molecule has 0 amide bonds. The first-order valence-electron chi connectivity index (χ1n) is 5.31. The second-order valence-electron chi connectivity index (χ2n) is 3.34. The summed E-state index contributed by atoms with van der Waals surface area (Å²) in [6, 6.07) is 15.6. The number of aromatic nitrogens is 1. The van der Waals surface area contributed by atoms with Gasteiger partial charge >= 0.3 is 0 Å². The summed E-state index contributed by atoms with van der Waals surface area (Å²) >= 11 is 0. The van der Waals surface area contributed by atoms with Gasteiger partial charge in [-0.3, -0.25) is 4.98 Å². The van der Waals surface area contributed by atoms with Crippen LogP contribution in [0.4, 0.5) is 0 Å². The number of rotatable bonds is 1. The van der Waals surface area contributed by atoms with Crippen LogP contribution in [0, 0.1) is 18.3 Å². The fraction of sp³-hybridized carbons (Fsp3) is 0.0667. The molecule has 0 saturated heterocycles. The predicted molar refractivity (Wildman–Crippen MR) is 70.1 cm³/mol. The van der Waals surface area contributed by atoms with Crippen molar-refractivity contribution in [2.24, 2.45) is 0 Å². The van der Waals surface area contributed by atoms with Gasteiger partial charge in [0.1, 0.15) is 0 Å². The second kappa shape index (κ2) is 7.84. The standard InChI is InChI=1S/C10H9N.C5H5N/c1-9-5-2-3-6-10(9)7-4-8-11;1-2-4-6-5-3-1/h2-7H,1H3;1-5H. The molecule has 1 aromatic heterocycles. The lowest BCUT2D eigenvalue weighted by Crippen LogP contribution is -1.76. The van der Waals surface area contributed by atoms with E-state index in [-0.39, 0.29) is 0 Å². The number of nitriles is 1. The molecule has 0 aliphatic rings. The minimum absolute atomic E-state index is 1.11. The highest BCUT2D eigenvalue weighted by molar-refractivity contribution is 5.55. The third-order valence-corrected chi connectivity index (χ3v) is 2.09. The van der Waals surface area contributed by atoms with Crippen molar-refractivity contribution in [1.29, 1.82) is 5.26 Å². The normalized spacial score (nSPS) is 9.18. The minimum Gasteiger partial charge on any atom is -0.265 e. The molecule has 0 N–H and O–H groups in total. The molecule has 0 unspecified atom stereocenters. The Hall–Kier alpha value is -2.40. The van der Waals surface area contributed by atoms with E-state index in [1.807, 2.05) is 61.5 Å². The fourth-order valence-electron chi connectivity index (χ4n) is 1.21. The quantitative estimate of drug-likeness (QED) is 0.691. The first-order chi connectivity index (χ1) is 8.34. The highest BCUT2D eigenvalue weighted by Gasteiger charge is 1.88. The van der Waals surface area contributed by atoms with Gasteiger partial charge in [-0.2, -0.15) is 5.26 Å². The Morgan fingerprint density at radius 2 is 1.76 bits per heavy atom. The maximum atomic E-state index is 8.28. The van der Waals surface area contributed by atoms with Crippen LogP contribution in [0.1, 0.15) is 11.1 Å². The molecule has 1 aromatic carbocycles. The Bertz CT molecular complexity index is 469. The zero-order valence-electron chi connectivity index (χ0n) is 9.75. The van der Waals surface area contributed by atoms with Crippen LogP contribution in [0.2, 0.25) is 0 Å². The Labute approximate surface area is 102 Å². The van der Waals surface area contributed by atoms with E-state index in [9.17, 15) is 0 Å². The number of hydrogen-bond acceptors (Lipinski definition) is 2. The molecular formula is C15H14N2. The molecule has 0 radical (unpaired) electrons. The van der Waals surface area contributed by atoms with Gasteiger partial charge in [0.25, 0.3) is 0 Å². The van der Waals surface area contributed by atoms with Crippen LogP contribution >= 0.6 is 0 Å². The van der Waals surface area contributed by atoms with Crippen molar-refractivity contribution in [3.8, 4) is 6.07 Å². The van der Waals surface area contributed by atoms with E-state index < -0.39 is 0 Å². The average molecular weight is 222 g/mol. The molecule has 0 bridgehead atoms. The highest BCUT2D eigenvalue weighted by Crippen LogP contribution is 2.07. The molecule has 0 spiro atoms. The van der Waals surface area contributed by atoms with E-state index in [0.29, 0.717) is 0 Å². The summed E-state index contributed by atoms with van der Waals surface area (Å²) in [5.74, 6) is 0. The number of hydrogen-bond donors (Lipinski definition) is 0. The topological polar surface area (TPSA) is 36.7 Å². The van der Waals surface area contributed by atoms with Crippen molar-refractivity contribution in [3.63, 3.8) is 0 Å². The van der Waals surface area contributed by atoms with Crippen LogP contribution in [0.3, 0.4) is 0 Å². The van der Waals surface area contributed by atoms with E-state index in [2.05, 4.69) is 4.98 Å². The Morgan fingerprint density at radius 3 is 2.24 bits per heavy atom. The van der Waals surface area contributed by atoms with Gasteiger partial charge < -0.3 is 0 Å². The monoisotopic (exact) mass is 222 g/mol. The van der Waals surface area contributed by atoms with Crippen LogP contribution in [0.15, 0.2) is 60.9 Å². The molecular weight excluding hydrogens is 208 g/mol. The van der Waals surface area contributed by atoms with Gasteiger partial charge in [0.15, 0.2) is 0 Å². The molecule has 84 valence electrons. The lowest BCUT2D eigenvalue weighted by Gasteiger charge is -1.95. The van der Waals surface area contributed by atoms with Crippen molar-refractivity contribution in [3.05, 3.63) is 72.1 Å². The third kappa shape index (κ3) is 5.29. The molecule has 2 rings (SSSR count). The van der Waals surface area contributed by atoms with Gasteiger partial charge in [-0.25, -0.2) is 0 Å². The second-order valence-corrected chi connectivity index (χ2v) is 3.34. The van der Waals surface area contributed by atoms with Gasteiger partial charge in [0, 0.05) is 18.5 Å². The number of benzene rings is 1. The van der Waals surface area contributed by atoms with E-state index in [1.165, 1.54) is 11.6 Å². The van der Waals surface area contributed by atoms with Crippen molar-refractivity contribution in [2.45, 2.75) is 6.92 Å².